The molecule has 2 heterocycles. The molecule has 4 rings (SSSR count). The third-order valence-electron chi connectivity index (χ3n) is 3.62. The molecule has 22 heavy (non-hydrogen) atoms. The average Bonchev–Trinajstić information content (AvgIpc) is 3.12. The molecule has 0 aliphatic rings. The molecule has 1 N–H and O–H groups in total. The third-order valence-corrected chi connectivity index (χ3v) is 4.38. The lowest BCUT2D eigenvalue weighted by molar-refractivity contribution is 1.23. The van der Waals surface area contributed by atoms with Crippen LogP contribution in [0, 0.1) is 6.92 Å². The van der Waals surface area contributed by atoms with Gasteiger partial charge in [-0.05, 0) is 19.1 Å². The van der Waals surface area contributed by atoms with Crippen molar-refractivity contribution in [2.24, 2.45) is 0 Å². The van der Waals surface area contributed by atoms with Crippen molar-refractivity contribution in [2.75, 3.05) is 5.32 Å². The quantitative estimate of drug-likeness (QED) is 0.569. The van der Waals surface area contributed by atoms with Gasteiger partial charge in [0.25, 0.3) is 0 Å². The Morgan fingerprint density at radius 1 is 1.00 bits per heavy atom. The van der Waals surface area contributed by atoms with Gasteiger partial charge >= 0.3 is 0 Å². The highest BCUT2D eigenvalue weighted by molar-refractivity contribution is 7.15. The number of para-hydroxylation sites is 1. The second-order valence-corrected chi connectivity index (χ2v) is 6.09. The summed E-state index contributed by atoms with van der Waals surface area (Å²) < 4.78 is 2.10. The highest BCUT2D eigenvalue weighted by atomic mass is 32.1. The minimum atomic E-state index is 0.982. The predicted octanol–water partition coefficient (Wildman–Crippen LogP) is 5.11. The van der Waals surface area contributed by atoms with Gasteiger partial charge in [0.1, 0.15) is 11.5 Å². The lowest BCUT2D eigenvalue weighted by atomic mass is 10.1. The van der Waals surface area contributed by atoms with E-state index in [2.05, 4.69) is 64.6 Å². The molecule has 0 amide bonds. The van der Waals surface area contributed by atoms with Crippen LogP contribution in [0.2, 0.25) is 0 Å². The fourth-order valence-electron chi connectivity index (χ4n) is 2.48. The van der Waals surface area contributed by atoms with Gasteiger partial charge in [0, 0.05) is 22.8 Å². The van der Waals surface area contributed by atoms with Crippen LogP contribution in [-0.4, -0.2) is 9.38 Å². The Hall–Kier alpha value is -2.59. The first-order chi connectivity index (χ1) is 10.8. The first-order valence-corrected chi connectivity index (χ1v) is 8.04. The van der Waals surface area contributed by atoms with Gasteiger partial charge in [-0.15, -0.1) is 11.3 Å². The van der Waals surface area contributed by atoms with E-state index >= 15 is 0 Å². The maximum Gasteiger partial charge on any atom is 0.195 e. The van der Waals surface area contributed by atoms with Crippen LogP contribution >= 0.6 is 11.3 Å². The number of hydrogen-bond acceptors (Lipinski definition) is 3. The van der Waals surface area contributed by atoms with E-state index in [1.54, 1.807) is 11.3 Å². The summed E-state index contributed by atoms with van der Waals surface area (Å²) in [4.78, 5) is 5.78. The Bertz CT molecular complexity index is 905. The molecule has 4 aromatic rings. The lowest BCUT2D eigenvalue weighted by Crippen LogP contribution is -1.95. The number of nitrogens with one attached hydrogen (secondary N) is 1. The third kappa shape index (κ3) is 2.27. The van der Waals surface area contributed by atoms with Gasteiger partial charge in [-0.25, -0.2) is 4.98 Å². The first-order valence-electron chi connectivity index (χ1n) is 7.16. The number of benzene rings is 2. The molecule has 108 valence electrons. The van der Waals surface area contributed by atoms with E-state index in [0.717, 1.165) is 27.7 Å². The summed E-state index contributed by atoms with van der Waals surface area (Å²) >= 11 is 1.64. The monoisotopic (exact) mass is 305 g/mol. The standard InChI is InChI=1S/C18H15N3S/c1-13-7-9-14(10-8-13)16-17(19-15-5-3-2-4-6-15)21-11-12-22-18(21)20-16/h2-12,19H,1H3. The van der Waals surface area contributed by atoms with E-state index < -0.39 is 0 Å². The Morgan fingerprint density at radius 2 is 1.77 bits per heavy atom. The van der Waals surface area contributed by atoms with E-state index in [1.165, 1.54) is 5.56 Å². The lowest BCUT2D eigenvalue weighted by Gasteiger charge is -2.08. The Labute approximate surface area is 132 Å². The van der Waals surface area contributed by atoms with Gasteiger partial charge in [-0.1, -0.05) is 48.0 Å². The van der Waals surface area contributed by atoms with Crippen LogP contribution in [0.5, 0.6) is 0 Å². The minimum absolute atomic E-state index is 0.982. The summed E-state index contributed by atoms with van der Waals surface area (Å²) in [6, 6.07) is 18.7. The van der Waals surface area contributed by atoms with Crippen molar-refractivity contribution < 1.29 is 0 Å². The molecule has 0 fully saturated rings. The number of fused-ring (bicyclic) bond motifs is 1. The number of aromatic nitrogens is 2. The minimum Gasteiger partial charge on any atom is -0.339 e. The Morgan fingerprint density at radius 3 is 2.55 bits per heavy atom. The number of aryl methyl sites for hydroxylation is 1. The van der Waals surface area contributed by atoms with Crippen LogP contribution in [0.1, 0.15) is 5.56 Å². The number of rotatable bonds is 3. The van der Waals surface area contributed by atoms with Crippen molar-refractivity contribution in [2.45, 2.75) is 6.92 Å². The van der Waals surface area contributed by atoms with Gasteiger partial charge in [0.15, 0.2) is 4.96 Å². The van der Waals surface area contributed by atoms with Crippen molar-refractivity contribution >= 4 is 27.8 Å². The van der Waals surface area contributed by atoms with E-state index in [1.807, 2.05) is 18.2 Å². The van der Waals surface area contributed by atoms with E-state index in [-0.39, 0.29) is 0 Å². The molecule has 0 saturated carbocycles. The maximum atomic E-state index is 4.79. The van der Waals surface area contributed by atoms with Crippen molar-refractivity contribution in [1.82, 2.24) is 9.38 Å². The van der Waals surface area contributed by atoms with Crippen LogP contribution < -0.4 is 5.32 Å². The second kappa shape index (κ2) is 5.31. The average molecular weight is 305 g/mol. The molecule has 0 bridgehead atoms. The van der Waals surface area contributed by atoms with Gasteiger partial charge in [0.2, 0.25) is 0 Å². The predicted molar refractivity (Wildman–Crippen MR) is 93.0 cm³/mol. The molecular formula is C18H15N3S. The summed E-state index contributed by atoms with van der Waals surface area (Å²) in [5, 5.41) is 5.55. The van der Waals surface area contributed by atoms with E-state index in [0.29, 0.717) is 0 Å². The number of nitrogens with zero attached hydrogens (tertiary/aromatic N) is 2. The van der Waals surface area contributed by atoms with Gasteiger partial charge in [0.05, 0.1) is 0 Å². The molecule has 3 nitrogen and oxygen atoms in total. The zero-order valence-electron chi connectivity index (χ0n) is 12.2. The van der Waals surface area contributed by atoms with Crippen LogP contribution in [0.25, 0.3) is 16.2 Å². The number of anilines is 2. The summed E-state index contributed by atoms with van der Waals surface area (Å²) in [7, 11) is 0. The van der Waals surface area contributed by atoms with Crippen LogP contribution in [0.15, 0.2) is 66.2 Å². The summed E-state index contributed by atoms with van der Waals surface area (Å²) in [5.41, 5.74) is 4.42. The number of imidazole rings is 1. The van der Waals surface area contributed by atoms with Crippen molar-refractivity contribution in [3.8, 4) is 11.3 Å². The number of thiazole rings is 1. The fourth-order valence-corrected chi connectivity index (χ4v) is 3.19. The van der Waals surface area contributed by atoms with Crippen LogP contribution in [0.3, 0.4) is 0 Å². The van der Waals surface area contributed by atoms with Crippen LogP contribution in [-0.2, 0) is 0 Å². The van der Waals surface area contributed by atoms with Crippen molar-refractivity contribution in [3.63, 3.8) is 0 Å². The Balaban J connectivity index is 1.86. The SMILES string of the molecule is Cc1ccc(-c2nc3sccn3c2Nc2ccccc2)cc1. The second-order valence-electron chi connectivity index (χ2n) is 5.22. The van der Waals surface area contributed by atoms with Gasteiger partial charge in [-0.2, -0.15) is 0 Å². The Kier molecular flexibility index (Phi) is 3.16. The van der Waals surface area contributed by atoms with Crippen LogP contribution in [0.4, 0.5) is 11.5 Å². The fraction of sp³-hybridized carbons (Fsp3) is 0.0556. The highest BCUT2D eigenvalue weighted by Gasteiger charge is 2.15. The molecule has 0 aliphatic carbocycles. The zero-order chi connectivity index (χ0) is 14.9. The maximum absolute atomic E-state index is 4.79. The summed E-state index contributed by atoms with van der Waals surface area (Å²) in [6.07, 6.45) is 2.05. The molecule has 2 aromatic heterocycles. The van der Waals surface area contributed by atoms with Gasteiger partial charge in [-0.3, -0.25) is 4.40 Å². The molecule has 0 unspecified atom stereocenters. The number of hydrogen-bond donors (Lipinski definition) is 1. The molecule has 4 heteroatoms. The van der Waals surface area contributed by atoms with Crippen molar-refractivity contribution in [3.05, 3.63) is 71.7 Å². The largest absolute Gasteiger partial charge is 0.339 e. The van der Waals surface area contributed by atoms with Gasteiger partial charge < -0.3 is 5.32 Å². The molecule has 0 saturated heterocycles. The van der Waals surface area contributed by atoms with Crippen molar-refractivity contribution in [1.29, 1.82) is 0 Å². The molecule has 0 radical (unpaired) electrons. The smallest absolute Gasteiger partial charge is 0.195 e. The van der Waals surface area contributed by atoms with E-state index in [9.17, 15) is 0 Å². The normalized spacial score (nSPS) is 11.0. The molecule has 2 aromatic carbocycles. The topological polar surface area (TPSA) is 29.3 Å². The summed E-state index contributed by atoms with van der Waals surface area (Å²) in [5.74, 6) is 1.01. The zero-order valence-corrected chi connectivity index (χ0v) is 13.0. The molecule has 0 aliphatic heterocycles. The van der Waals surface area contributed by atoms with E-state index in [4.69, 9.17) is 4.98 Å². The summed E-state index contributed by atoms with van der Waals surface area (Å²) in [6.45, 7) is 2.10. The highest BCUT2D eigenvalue weighted by Crippen LogP contribution is 2.32. The molecule has 0 atom stereocenters. The molecular weight excluding hydrogens is 290 g/mol. The first kappa shape index (κ1) is 13.1. The molecule has 0 spiro atoms.